The fourth-order valence-electron chi connectivity index (χ4n) is 2.11. The van der Waals surface area contributed by atoms with Gasteiger partial charge in [0.25, 0.3) is 0 Å². The predicted octanol–water partition coefficient (Wildman–Crippen LogP) is 0.539. The molecule has 1 aliphatic rings. The van der Waals surface area contributed by atoms with E-state index in [4.69, 9.17) is 4.74 Å². The highest BCUT2D eigenvalue weighted by Crippen LogP contribution is 2.11. The van der Waals surface area contributed by atoms with Gasteiger partial charge in [0.05, 0.1) is 12.6 Å². The van der Waals surface area contributed by atoms with Gasteiger partial charge in [-0.25, -0.2) is 0 Å². The Kier molecular flexibility index (Phi) is 5.41. The third-order valence-electron chi connectivity index (χ3n) is 3.01. The number of carbonyl (C=O) groups is 2. The zero-order valence-electron chi connectivity index (χ0n) is 10.9. The average Bonchev–Trinajstić information content (AvgIpc) is 2.41. The normalized spacial score (nSPS) is 23.2. The number of nitrogens with one attached hydrogen (secondary N) is 1. The summed E-state index contributed by atoms with van der Waals surface area (Å²) in [6, 6.07) is -0.353. The van der Waals surface area contributed by atoms with Gasteiger partial charge < -0.3 is 15.0 Å². The summed E-state index contributed by atoms with van der Waals surface area (Å²) in [6.07, 6.45) is 1.95. The molecule has 1 aliphatic heterocycles. The first-order chi connectivity index (χ1) is 8.10. The van der Waals surface area contributed by atoms with Gasteiger partial charge >= 0.3 is 0 Å². The van der Waals surface area contributed by atoms with Crippen LogP contribution in [0.15, 0.2) is 0 Å². The maximum atomic E-state index is 12.3. The van der Waals surface area contributed by atoms with Crippen LogP contribution in [0.4, 0.5) is 0 Å². The summed E-state index contributed by atoms with van der Waals surface area (Å²) in [5, 5.41) is 2.79. The third kappa shape index (κ3) is 3.70. The molecular formula is C12H22N2O3. The largest absolute Gasteiger partial charge is 0.383 e. The number of hydrogen-bond donors (Lipinski definition) is 1. The Morgan fingerprint density at radius 3 is 2.82 bits per heavy atom. The van der Waals surface area contributed by atoms with Crippen LogP contribution in [-0.4, -0.2) is 49.1 Å². The smallest absolute Gasteiger partial charge is 0.245 e. The minimum atomic E-state index is -0.366. The van der Waals surface area contributed by atoms with Gasteiger partial charge in [-0.3, -0.25) is 9.59 Å². The average molecular weight is 242 g/mol. The second-order valence-electron chi connectivity index (χ2n) is 4.49. The first-order valence-corrected chi connectivity index (χ1v) is 6.19. The van der Waals surface area contributed by atoms with Crippen LogP contribution < -0.4 is 5.32 Å². The summed E-state index contributed by atoms with van der Waals surface area (Å²) >= 11 is 0. The lowest BCUT2D eigenvalue weighted by atomic mass is 10.1. The van der Waals surface area contributed by atoms with E-state index in [9.17, 15) is 9.59 Å². The monoisotopic (exact) mass is 242 g/mol. The molecule has 1 fully saturated rings. The molecule has 0 saturated carbocycles. The molecule has 0 spiro atoms. The molecule has 1 N–H and O–H groups in total. The molecule has 17 heavy (non-hydrogen) atoms. The number of carbonyl (C=O) groups excluding carboxylic acids is 2. The van der Waals surface area contributed by atoms with E-state index in [0.29, 0.717) is 26.0 Å². The molecule has 0 aromatic heterocycles. The van der Waals surface area contributed by atoms with Crippen molar-refractivity contribution in [1.82, 2.24) is 10.2 Å². The molecule has 1 heterocycles. The number of nitrogens with zero attached hydrogens (tertiary/aromatic N) is 1. The van der Waals surface area contributed by atoms with Crippen molar-refractivity contribution in [3.63, 3.8) is 0 Å². The van der Waals surface area contributed by atoms with Crippen molar-refractivity contribution in [1.29, 1.82) is 0 Å². The lowest BCUT2D eigenvalue weighted by Crippen LogP contribution is -2.48. The molecule has 98 valence electrons. The zero-order valence-corrected chi connectivity index (χ0v) is 10.9. The summed E-state index contributed by atoms with van der Waals surface area (Å²) in [5.74, 6) is -0.0221. The Bertz CT molecular complexity index is 281. The summed E-state index contributed by atoms with van der Waals surface area (Å²) in [4.78, 5) is 25.5. The van der Waals surface area contributed by atoms with Gasteiger partial charge in [-0.2, -0.15) is 0 Å². The quantitative estimate of drug-likeness (QED) is 0.765. The van der Waals surface area contributed by atoms with Crippen LogP contribution >= 0.6 is 0 Å². The van der Waals surface area contributed by atoms with E-state index in [1.807, 2.05) is 13.8 Å². The Morgan fingerprint density at radius 1 is 1.53 bits per heavy atom. The van der Waals surface area contributed by atoms with Gasteiger partial charge in [-0.05, 0) is 13.3 Å². The van der Waals surface area contributed by atoms with Crippen molar-refractivity contribution >= 4 is 11.8 Å². The number of methoxy groups -OCH3 is 1. The van der Waals surface area contributed by atoms with Gasteiger partial charge in [0.1, 0.15) is 6.04 Å². The molecule has 1 saturated heterocycles. The number of amides is 2. The first-order valence-electron chi connectivity index (χ1n) is 6.19. The van der Waals surface area contributed by atoms with Gasteiger partial charge in [-0.1, -0.05) is 13.3 Å². The molecule has 0 aromatic rings. The molecule has 2 amide bonds. The van der Waals surface area contributed by atoms with Crippen molar-refractivity contribution < 1.29 is 14.3 Å². The fraction of sp³-hybridized carbons (Fsp3) is 0.833. The molecule has 5 nitrogen and oxygen atoms in total. The van der Waals surface area contributed by atoms with Crippen molar-refractivity contribution in [3.8, 4) is 0 Å². The number of hydrogen-bond acceptors (Lipinski definition) is 3. The SMILES string of the molecule is CCCC1NC(=O)CCN(C(C)COC)C1=O. The van der Waals surface area contributed by atoms with Gasteiger partial charge in [0.15, 0.2) is 0 Å². The van der Waals surface area contributed by atoms with Crippen molar-refractivity contribution in [3.05, 3.63) is 0 Å². The van der Waals surface area contributed by atoms with E-state index in [2.05, 4.69) is 5.32 Å². The summed E-state index contributed by atoms with van der Waals surface area (Å²) in [5.41, 5.74) is 0. The Balaban J connectivity index is 2.75. The Morgan fingerprint density at radius 2 is 2.24 bits per heavy atom. The Hall–Kier alpha value is -1.10. The van der Waals surface area contributed by atoms with E-state index < -0.39 is 0 Å². The minimum Gasteiger partial charge on any atom is -0.383 e. The van der Waals surface area contributed by atoms with E-state index in [-0.39, 0.29) is 23.9 Å². The van der Waals surface area contributed by atoms with Crippen molar-refractivity contribution in [2.45, 2.75) is 45.2 Å². The molecule has 5 heteroatoms. The molecule has 0 aromatic carbocycles. The standard InChI is InChI=1S/C12H22N2O3/c1-4-5-10-12(16)14(9(2)8-17-3)7-6-11(15)13-10/h9-10H,4-8H2,1-3H3,(H,13,15). The number of ether oxygens (including phenoxy) is 1. The van der Waals surface area contributed by atoms with Crippen molar-refractivity contribution in [2.24, 2.45) is 0 Å². The van der Waals surface area contributed by atoms with E-state index in [1.165, 1.54) is 0 Å². The van der Waals surface area contributed by atoms with E-state index in [0.717, 1.165) is 6.42 Å². The summed E-state index contributed by atoms with van der Waals surface area (Å²) in [6.45, 7) is 4.93. The summed E-state index contributed by atoms with van der Waals surface area (Å²) < 4.78 is 5.07. The third-order valence-corrected chi connectivity index (χ3v) is 3.01. The fourth-order valence-corrected chi connectivity index (χ4v) is 2.11. The van der Waals surface area contributed by atoms with E-state index >= 15 is 0 Å². The van der Waals surface area contributed by atoms with Crippen LogP contribution in [0.3, 0.4) is 0 Å². The number of rotatable bonds is 5. The second-order valence-corrected chi connectivity index (χ2v) is 4.49. The van der Waals surface area contributed by atoms with Gasteiger partial charge in [-0.15, -0.1) is 0 Å². The van der Waals surface area contributed by atoms with Crippen LogP contribution in [0.1, 0.15) is 33.1 Å². The van der Waals surface area contributed by atoms with Crippen LogP contribution in [-0.2, 0) is 14.3 Å². The molecule has 0 radical (unpaired) electrons. The summed E-state index contributed by atoms with van der Waals surface area (Å²) in [7, 11) is 1.62. The highest BCUT2D eigenvalue weighted by molar-refractivity contribution is 5.90. The molecule has 0 bridgehead atoms. The maximum Gasteiger partial charge on any atom is 0.245 e. The van der Waals surface area contributed by atoms with Crippen LogP contribution in [0.5, 0.6) is 0 Å². The molecular weight excluding hydrogens is 220 g/mol. The zero-order chi connectivity index (χ0) is 12.8. The molecule has 1 rings (SSSR count). The highest BCUT2D eigenvalue weighted by atomic mass is 16.5. The lowest BCUT2D eigenvalue weighted by molar-refractivity contribution is -0.136. The first kappa shape index (κ1) is 14.0. The van der Waals surface area contributed by atoms with Gasteiger partial charge in [0, 0.05) is 20.1 Å². The van der Waals surface area contributed by atoms with E-state index in [1.54, 1.807) is 12.0 Å². The topological polar surface area (TPSA) is 58.6 Å². The molecule has 2 atom stereocenters. The minimum absolute atomic E-state index is 0.0135. The highest BCUT2D eigenvalue weighted by Gasteiger charge is 2.31. The Labute approximate surface area is 102 Å². The lowest BCUT2D eigenvalue weighted by Gasteiger charge is -2.29. The second kappa shape index (κ2) is 6.59. The van der Waals surface area contributed by atoms with Gasteiger partial charge in [0.2, 0.25) is 11.8 Å². The maximum absolute atomic E-state index is 12.3. The molecule has 0 aliphatic carbocycles. The van der Waals surface area contributed by atoms with Crippen LogP contribution in [0.25, 0.3) is 0 Å². The van der Waals surface area contributed by atoms with Crippen LogP contribution in [0.2, 0.25) is 0 Å². The van der Waals surface area contributed by atoms with Crippen LogP contribution in [0, 0.1) is 0 Å². The van der Waals surface area contributed by atoms with Crippen molar-refractivity contribution in [2.75, 3.05) is 20.3 Å². The predicted molar refractivity (Wildman–Crippen MR) is 64.5 cm³/mol. The molecule has 2 unspecified atom stereocenters.